The van der Waals surface area contributed by atoms with Crippen molar-refractivity contribution in [2.45, 2.75) is 39.0 Å². The molecule has 8 heteroatoms. The van der Waals surface area contributed by atoms with Gasteiger partial charge >= 0.3 is 11.7 Å². The van der Waals surface area contributed by atoms with E-state index in [-0.39, 0.29) is 11.3 Å². The van der Waals surface area contributed by atoms with Crippen LogP contribution in [0.15, 0.2) is 78.9 Å². The van der Waals surface area contributed by atoms with Crippen LogP contribution < -0.4 is 14.2 Å². The van der Waals surface area contributed by atoms with Gasteiger partial charge < -0.3 is 14.2 Å². The third kappa shape index (κ3) is 9.54. The molecule has 0 atom stereocenters. The zero-order valence-electron chi connectivity index (χ0n) is 22.7. The first kappa shape index (κ1) is 29.8. The number of benzene rings is 3. The Hall–Kier alpha value is -4.72. The predicted molar refractivity (Wildman–Crippen MR) is 155 cm³/mol. The molecular weight excluding hydrogens is 510 g/mol. The van der Waals surface area contributed by atoms with Crippen molar-refractivity contribution in [3.63, 3.8) is 0 Å². The number of unbranched alkanes of at least 4 members (excludes halogenated alkanes) is 4. The van der Waals surface area contributed by atoms with E-state index in [1.54, 1.807) is 37.5 Å². The number of hydrogen-bond acceptors (Lipinski definition) is 7. The minimum Gasteiger partial charge on any atom is -0.497 e. The van der Waals surface area contributed by atoms with Crippen LogP contribution in [0, 0.1) is 10.1 Å². The van der Waals surface area contributed by atoms with Gasteiger partial charge in [-0.1, -0.05) is 62.9 Å². The van der Waals surface area contributed by atoms with Gasteiger partial charge in [0.15, 0.2) is 5.78 Å². The molecule has 0 heterocycles. The van der Waals surface area contributed by atoms with Gasteiger partial charge in [0.25, 0.3) is 0 Å². The number of rotatable bonds is 15. The molecule has 0 unspecified atom stereocenters. The van der Waals surface area contributed by atoms with Gasteiger partial charge in [-0.3, -0.25) is 14.9 Å². The molecule has 0 N–H and O–H groups in total. The van der Waals surface area contributed by atoms with E-state index in [9.17, 15) is 19.7 Å². The molecule has 40 heavy (non-hydrogen) atoms. The molecule has 0 radical (unpaired) electrons. The Morgan fingerprint density at radius 3 is 2.08 bits per heavy atom. The fraction of sp³-hybridized carbons (Fsp3) is 0.250. The summed E-state index contributed by atoms with van der Waals surface area (Å²) < 4.78 is 16.0. The molecule has 0 amide bonds. The summed E-state index contributed by atoms with van der Waals surface area (Å²) in [6.45, 7) is 2.85. The van der Waals surface area contributed by atoms with E-state index < -0.39 is 22.4 Å². The molecule has 3 aromatic rings. The monoisotopic (exact) mass is 543 g/mol. The lowest BCUT2D eigenvalue weighted by Crippen LogP contribution is -2.07. The summed E-state index contributed by atoms with van der Waals surface area (Å²) in [5, 5.41) is 11.6. The summed E-state index contributed by atoms with van der Waals surface area (Å²) in [5.74, 6) is -0.0322. The number of ketones is 1. The number of carbonyl (C=O) groups is 2. The van der Waals surface area contributed by atoms with Gasteiger partial charge in [0.2, 0.25) is 5.75 Å². The minimum absolute atomic E-state index is 0.0968. The fourth-order valence-corrected chi connectivity index (χ4v) is 3.76. The van der Waals surface area contributed by atoms with Crippen LogP contribution in [-0.4, -0.2) is 30.4 Å². The highest BCUT2D eigenvalue weighted by molar-refractivity contribution is 6.07. The maximum atomic E-state index is 12.7. The predicted octanol–water partition coefficient (Wildman–Crippen LogP) is 7.47. The number of hydrogen-bond donors (Lipinski definition) is 0. The first-order valence-electron chi connectivity index (χ1n) is 13.2. The number of ether oxygens (including phenoxy) is 3. The average molecular weight is 544 g/mol. The van der Waals surface area contributed by atoms with Crippen LogP contribution in [0.2, 0.25) is 0 Å². The maximum absolute atomic E-state index is 12.7. The topological polar surface area (TPSA) is 105 Å². The minimum atomic E-state index is -0.790. The first-order valence-corrected chi connectivity index (χ1v) is 13.2. The van der Waals surface area contributed by atoms with Crippen LogP contribution in [0.3, 0.4) is 0 Å². The number of esters is 1. The second kappa shape index (κ2) is 15.6. The van der Waals surface area contributed by atoms with Crippen molar-refractivity contribution >= 4 is 29.6 Å². The van der Waals surface area contributed by atoms with Crippen LogP contribution >= 0.6 is 0 Å². The third-order valence-corrected chi connectivity index (χ3v) is 6.00. The van der Waals surface area contributed by atoms with E-state index in [4.69, 9.17) is 14.2 Å². The van der Waals surface area contributed by atoms with Gasteiger partial charge in [0, 0.05) is 17.7 Å². The van der Waals surface area contributed by atoms with Crippen molar-refractivity contribution in [3.05, 3.63) is 106 Å². The number of nitrogens with zero attached hydrogens (tertiary/aromatic N) is 1. The standard InChI is InChI=1S/C32H33NO7/c1-3-4-5-6-7-22-39-28-17-10-24(11-18-28)12-19-30(34)26-14-20-31(29(23-26)33(36)37)40-32(35)21-13-25-8-15-27(38-2)16-9-25/h8-21,23H,3-7,22H2,1-2H3/b19-12+,21-13+. The molecule has 3 aromatic carbocycles. The Balaban J connectivity index is 1.58. The highest BCUT2D eigenvalue weighted by Crippen LogP contribution is 2.29. The Labute approximate surface area is 234 Å². The van der Waals surface area contributed by atoms with Crippen molar-refractivity contribution in [1.82, 2.24) is 0 Å². The molecule has 0 aromatic heterocycles. The van der Waals surface area contributed by atoms with Gasteiger partial charge in [0.1, 0.15) is 11.5 Å². The summed E-state index contributed by atoms with van der Waals surface area (Å²) in [4.78, 5) is 35.9. The van der Waals surface area contributed by atoms with Gasteiger partial charge in [-0.2, -0.15) is 0 Å². The van der Waals surface area contributed by atoms with Crippen LogP contribution in [0.25, 0.3) is 12.2 Å². The fourth-order valence-electron chi connectivity index (χ4n) is 3.76. The molecule has 8 nitrogen and oxygen atoms in total. The Kier molecular flexibility index (Phi) is 11.7. The lowest BCUT2D eigenvalue weighted by atomic mass is 10.1. The number of nitro groups is 1. The van der Waals surface area contributed by atoms with Crippen LogP contribution in [0.1, 0.15) is 60.5 Å². The maximum Gasteiger partial charge on any atom is 0.336 e. The zero-order chi connectivity index (χ0) is 28.7. The molecule has 0 aliphatic heterocycles. The Morgan fingerprint density at radius 1 is 0.825 bits per heavy atom. The smallest absolute Gasteiger partial charge is 0.336 e. The van der Waals surface area contributed by atoms with Crippen molar-refractivity contribution in [2.24, 2.45) is 0 Å². The van der Waals surface area contributed by atoms with Crippen molar-refractivity contribution < 1.29 is 28.7 Å². The zero-order valence-corrected chi connectivity index (χ0v) is 22.7. The van der Waals surface area contributed by atoms with Crippen molar-refractivity contribution in [3.8, 4) is 17.2 Å². The second-order valence-corrected chi connectivity index (χ2v) is 9.00. The van der Waals surface area contributed by atoms with E-state index in [1.807, 2.05) is 24.3 Å². The summed E-state index contributed by atoms with van der Waals surface area (Å²) in [6, 6.07) is 18.0. The molecule has 0 bridgehead atoms. The lowest BCUT2D eigenvalue weighted by Gasteiger charge is -2.06. The van der Waals surface area contributed by atoms with E-state index in [2.05, 4.69) is 6.92 Å². The van der Waals surface area contributed by atoms with Crippen molar-refractivity contribution in [1.29, 1.82) is 0 Å². The molecular formula is C32H33NO7. The molecule has 0 saturated heterocycles. The molecule has 3 rings (SSSR count). The summed E-state index contributed by atoms with van der Waals surface area (Å²) in [6.07, 6.45) is 11.5. The average Bonchev–Trinajstić information content (AvgIpc) is 2.97. The molecule has 0 aliphatic carbocycles. The van der Waals surface area contributed by atoms with Gasteiger partial charge in [-0.25, -0.2) is 4.79 Å². The number of nitro benzene ring substituents is 1. The van der Waals surface area contributed by atoms with Gasteiger partial charge in [-0.15, -0.1) is 0 Å². The molecule has 0 fully saturated rings. The Morgan fingerprint density at radius 2 is 1.45 bits per heavy atom. The highest BCUT2D eigenvalue weighted by Gasteiger charge is 2.20. The van der Waals surface area contributed by atoms with E-state index in [1.165, 1.54) is 43.5 Å². The second-order valence-electron chi connectivity index (χ2n) is 9.00. The van der Waals surface area contributed by atoms with E-state index in [0.29, 0.717) is 12.4 Å². The van der Waals surface area contributed by atoms with Crippen molar-refractivity contribution in [2.75, 3.05) is 13.7 Å². The third-order valence-electron chi connectivity index (χ3n) is 6.00. The highest BCUT2D eigenvalue weighted by atomic mass is 16.6. The summed E-state index contributed by atoms with van der Waals surface area (Å²) in [7, 11) is 1.55. The van der Waals surface area contributed by atoms with Crippen LogP contribution in [0.5, 0.6) is 17.2 Å². The molecule has 0 spiro atoms. The number of methoxy groups -OCH3 is 1. The quantitative estimate of drug-likeness (QED) is 0.0372. The van der Waals surface area contributed by atoms with Crippen LogP contribution in [-0.2, 0) is 4.79 Å². The van der Waals surface area contributed by atoms with E-state index in [0.717, 1.165) is 41.9 Å². The first-order chi connectivity index (χ1) is 19.4. The van der Waals surface area contributed by atoms with Crippen LogP contribution in [0.4, 0.5) is 5.69 Å². The molecule has 0 aliphatic rings. The Bertz CT molecular complexity index is 1340. The molecule has 0 saturated carbocycles. The lowest BCUT2D eigenvalue weighted by molar-refractivity contribution is -0.385. The number of allylic oxidation sites excluding steroid dienone is 1. The SMILES string of the molecule is CCCCCCCOc1ccc(/C=C/C(=O)c2ccc(OC(=O)/C=C/c3ccc(OC)cc3)c([N+](=O)[O-])c2)cc1. The largest absolute Gasteiger partial charge is 0.497 e. The normalized spacial score (nSPS) is 11.1. The summed E-state index contributed by atoms with van der Waals surface area (Å²) >= 11 is 0. The van der Waals surface area contributed by atoms with Gasteiger partial charge in [0.05, 0.1) is 18.6 Å². The van der Waals surface area contributed by atoms with E-state index >= 15 is 0 Å². The summed E-state index contributed by atoms with van der Waals surface area (Å²) in [5.41, 5.74) is 1.12. The molecule has 208 valence electrons. The number of carbonyl (C=O) groups excluding carboxylic acids is 2. The van der Waals surface area contributed by atoms with Gasteiger partial charge in [-0.05, 0) is 66.1 Å².